The van der Waals surface area contributed by atoms with Gasteiger partial charge in [-0.3, -0.25) is 19.3 Å². The number of rotatable bonds is 7. The maximum atomic E-state index is 12.5. The minimum absolute atomic E-state index is 0.0934. The Kier molecular flexibility index (Phi) is 5.96. The van der Waals surface area contributed by atoms with Gasteiger partial charge in [0.1, 0.15) is 12.4 Å². The van der Waals surface area contributed by atoms with E-state index in [9.17, 15) is 14.4 Å². The Labute approximate surface area is 178 Å². The molecule has 1 aliphatic rings. The highest BCUT2D eigenvalue weighted by molar-refractivity contribution is 5.94. The van der Waals surface area contributed by atoms with Crippen LogP contribution in [0.2, 0.25) is 0 Å². The van der Waals surface area contributed by atoms with E-state index in [0.29, 0.717) is 17.3 Å². The Morgan fingerprint density at radius 3 is 2.74 bits per heavy atom. The Bertz CT molecular complexity index is 1110. The van der Waals surface area contributed by atoms with Crippen molar-refractivity contribution in [2.75, 3.05) is 13.1 Å². The van der Waals surface area contributed by atoms with E-state index in [2.05, 4.69) is 25.6 Å². The first kappa shape index (κ1) is 20.6. The van der Waals surface area contributed by atoms with Crippen LogP contribution < -0.4 is 11.0 Å². The second-order valence-corrected chi connectivity index (χ2v) is 7.92. The molecule has 0 bridgehead atoms. The first-order chi connectivity index (χ1) is 15.0. The van der Waals surface area contributed by atoms with Crippen LogP contribution >= 0.6 is 0 Å². The molecule has 0 aliphatic carbocycles. The van der Waals surface area contributed by atoms with Crippen molar-refractivity contribution in [3.05, 3.63) is 69.7 Å². The van der Waals surface area contributed by atoms with Gasteiger partial charge in [-0.2, -0.15) is 10.2 Å². The number of nitrogens with one attached hydrogen (secondary N) is 3. The molecule has 1 atom stereocenters. The predicted octanol–water partition coefficient (Wildman–Crippen LogP) is 0.624. The molecule has 3 aromatic rings. The molecule has 4 rings (SSSR count). The average molecular weight is 423 g/mol. The van der Waals surface area contributed by atoms with Crippen LogP contribution in [0.25, 0.3) is 0 Å². The van der Waals surface area contributed by atoms with Gasteiger partial charge >= 0.3 is 5.69 Å². The number of carbonyl (C=O) groups excluding carboxylic acids is 2. The van der Waals surface area contributed by atoms with Crippen LogP contribution in [0.1, 0.15) is 33.7 Å². The number of nitrogens with zero attached hydrogens (tertiary/aromatic N) is 4. The zero-order chi connectivity index (χ0) is 21.8. The number of aryl methyl sites for hydroxylation is 1. The number of hydrogen-bond donors (Lipinski definition) is 3. The monoisotopic (exact) mass is 423 g/mol. The quantitative estimate of drug-likeness (QED) is 0.513. The van der Waals surface area contributed by atoms with Crippen LogP contribution in [0, 0.1) is 12.8 Å². The molecule has 0 saturated carbocycles. The zero-order valence-electron chi connectivity index (χ0n) is 17.3. The summed E-state index contributed by atoms with van der Waals surface area (Å²) < 4.78 is 1.68. The number of amides is 2. The van der Waals surface area contributed by atoms with Crippen LogP contribution in [0.5, 0.6) is 0 Å². The molecular formula is C21H25N7O3. The summed E-state index contributed by atoms with van der Waals surface area (Å²) in [6.45, 7) is 3.87. The standard InChI is InChI=1S/C21H25N7O3/c1-14-9-23-28(11-14)13-19(29)27-7-6-16(12-27)8-15-2-4-17(5-3-15)20(30)22-10-18-24-21(31)26-25-18/h2-5,9,11,16H,6-8,10,12-13H2,1H3,(H,22,30)(H2,24,25,26,31). The van der Waals surface area contributed by atoms with Gasteiger partial charge in [-0.05, 0) is 48.9 Å². The van der Waals surface area contributed by atoms with Gasteiger partial charge in [-0.15, -0.1) is 0 Å². The lowest BCUT2D eigenvalue weighted by Crippen LogP contribution is -2.32. The van der Waals surface area contributed by atoms with E-state index < -0.39 is 5.69 Å². The predicted molar refractivity (Wildman–Crippen MR) is 112 cm³/mol. The maximum absolute atomic E-state index is 12.5. The third kappa shape index (κ3) is 5.27. The highest BCUT2D eigenvalue weighted by Crippen LogP contribution is 2.21. The van der Waals surface area contributed by atoms with Crippen LogP contribution in [0.3, 0.4) is 0 Å². The zero-order valence-corrected chi connectivity index (χ0v) is 17.3. The van der Waals surface area contributed by atoms with E-state index in [1.54, 1.807) is 23.0 Å². The molecule has 10 heteroatoms. The minimum atomic E-state index is -0.405. The van der Waals surface area contributed by atoms with Crippen molar-refractivity contribution >= 4 is 11.8 Å². The SMILES string of the molecule is Cc1cnn(CC(=O)N2CCC(Cc3ccc(C(=O)NCc4n[nH]c(=O)[nH]4)cc3)C2)c1. The van der Waals surface area contributed by atoms with E-state index in [-0.39, 0.29) is 24.9 Å². The summed E-state index contributed by atoms with van der Waals surface area (Å²) >= 11 is 0. The summed E-state index contributed by atoms with van der Waals surface area (Å²) in [4.78, 5) is 40.2. The first-order valence-corrected chi connectivity index (χ1v) is 10.2. The van der Waals surface area contributed by atoms with E-state index in [0.717, 1.165) is 37.1 Å². The number of H-pyrrole nitrogens is 2. The molecule has 1 aromatic carbocycles. The fraction of sp³-hybridized carbons (Fsp3) is 0.381. The molecular weight excluding hydrogens is 398 g/mol. The Morgan fingerprint density at radius 1 is 1.26 bits per heavy atom. The second-order valence-electron chi connectivity index (χ2n) is 7.92. The van der Waals surface area contributed by atoms with Crippen molar-refractivity contribution in [2.24, 2.45) is 5.92 Å². The van der Waals surface area contributed by atoms with E-state index in [1.807, 2.05) is 30.2 Å². The van der Waals surface area contributed by atoms with Gasteiger partial charge in [0.05, 0.1) is 12.7 Å². The molecule has 3 heterocycles. The van der Waals surface area contributed by atoms with Gasteiger partial charge in [0.25, 0.3) is 5.91 Å². The average Bonchev–Trinajstić information content (AvgIpc) is 3.49. The summed E-state index contributed by atoms with van der Waals surface area (Å²) in [6, 6.07) is 7.47. The Hall–Kier alpha value is -3.69. The molecule has 3 N–H and O–H groups in total. The maximum Gasteiger partial charge on any atom is 0.340 e. The van der Waals surface area contributed by atoms with Gasteiger partial charge < -0.3 is 10.2 Å². The largest absolute Gasteiger partial charge is 0.345 e. The molecule has 1 aliphatic heterocycles. The van der Waals surface area contributed by atoms with Crippen LogP contribution in [-0.4, -0.2) is 54.8 Å². The van der Waals surface area contributed by atoms with Crippen LogP contribution in [-0.2, 0) is 24.3 Å². The molecule has 31 heavy (non-hydrogen) atoms. The first-order valence-electron chi connectivity index (χ1n) is 10.2. The summed E-state index contributed by atoms with van der Waals surface area (Å²) in [7, 11) is 0. The molecule has 1 saturated heterocycles. The summed E-state index contributed by atoms with van der Waals surface area (Å²) in [6.07, 6.45) is 5.45. The van der Waals surface area contributed by atoms with Crippen molar-refractivity contribution in [1.29, 1.82) is 0 Å². The van der Waals surface area contributed by atoms with Crippen molar-refractivity contribution in [1.82, 2.24) is 35.2 Å². The number of benzene rings is 1. The molecule has 2 amide bonds. The third-order valence-electron chi connectivity index (χ3n) is 5.41. The Balaban J connectivity index is 1.25. The Morgan fingerprint density at radius 2 is 2.06 bits per heavy atom. The van der Waals surface area contributed by atoms with Crippen molar-refractivity contribution < 1.29 is 9.59 Å². The van der Waals surface area contributed by atoms with Gasteiger partial charge in [0.15, 0.2) is 0 Å². The minimum Gasteiger partial charge on any atom is -0.345 e. The van der Waals surface area contributed by atoms with Crippen molar-refractivity contribution in [2.45, 2.75) is 32.9 Å². The van der Waals surface area contributed by atoms with Gasteiger partial charge in [0.2, 0.25) is 5.91 Å². The molecule has 0 radical (unpaired) electrons. The summed E-state index contributed by atoms with van der Waals surface area (Å²) in [5.74, 6) is 0.634. The molecule has 162 valence electrons. The summed E-state index contributed by atoms with van der Waals surface area (Å²) in [5.41, 5.74) is 2.31. The molecule has 0 spiro atoms. The molecule has 1 fully saturated rings. The second kappa shape index (κ2) is 8.99. The van der Waals surface area contributed by atoms with E-state index in [1.165, 1.54) is 0 Å². The number of carbonyl (C=O) groups is 2. The van der Waals surface area contributed by atoms with E-state index in [4.69, 9.17) is 0 Å². The van der Waals surface area contributed by atoms with Crippen molar-refractivity contribution in [3.8, 4) is 0 Å². The molecule has 1 unspecified atom stereocenters. The lowest BCUT2D eigenvalue weighted by atomic mass is 9.98. The number of aromatic nitrogens is 5. The number of hydrogen-bond acceptors (Lipinski definition) is 5. The fourth-order valence-corrected chi connectivity index (χ4v) is 3.80. The number of aromatic amines is 2. The van der Waals surface area contributed by atoms with Gasteiger partial charge in [-0.25, -0.2) is 9.89 Å². The lowest BCUT2D eigenvalue weighted by molar-refractivity contribution is -0.131. The smallest absolute Gasteiger partial charge is 0.340 e. The van der Waals surface area contributed by atoms with Gasteiger partial charge in [-0.1, -0.05) is 12.1 Å². The third-order valence-corrected chi connectivity index (χ3v) is 5.41. The highest BCUT2D eigenvalue weighted by atomic mass is 16.2. The molecule has 2 aromatic heterocycles. The normalized spacial score (nSPS) is 15.9. The highest BCUT2D eigenvalue weighted by Gasteiger charge is 2.26. The summed E-state index contributed by atoms with van der Waals surface area (Å²) in [5, 5.41) is 12.9. The van der Waals surface area contributed by atoms with Crippen LogP contribution in [0.15, 0.2) is 41.5 Å². The van der Waals surface area contributed by atoms with Gasteiger partial charge in [0, 0.05) is 24.8 Å². The fourth-order valence-electron chi connectivity index (χ4n) is 3.80. The van der Waals surface area contributed by atoms with Crippen LogP contribution in [0.4, 0.5) is 0 Å². The number of likely N-dealkylation sites (tertiary alicyclic amines) is 1. The molecule has 10 nitrogen and oxygen atoms in total. The topological polar surface area (TPSA) is 129 Å². The van der Waals surface area contributed by atoms with E-state index >= 15 is 0 Å². The lowest BCUT2D eigenvalue weighted by Gasteiger charge is -2.16. The van der Waals surface area contributed by atoms with Crippen molar-refractivity contribution in [3.63, 3.8) is 0 Å².